The second kappa shape index (κ2) is 8.35. The van der Waals surface area contributed by atoms with Crippen LogP contribution in [0.4, 0.5) is 0 Å². The van der Waals surface area contributed by atoms with Gasteiger partial charge in [-0.05, 0) is 49.2 Å². The molecule has 1 aliphatic heterocycles. The number of hydrogen-bond donors (Lipinski definition) is 1. The van der Waals surface area contributed by atoms with E-state index in [4.69, 9.17) is 9.16 Å². The molecule has 1 amide bonds. The number of benzene rings is 1. The van der Waals surface area contributed by atoms with Gasteiger partial charge in [0.2, 0.25) is 5.91 Å². The third kappa shape index (κ3) is 5.22. The van der Waals surface area contributed by atoms with Crippen LogP contribution in [0.3, 0.4) is 0 Å². The molecular weight excluding hydrogens is 422 g/mol. The molecule has 0 bridgehead atoms. The lowest BCUT2D eigenvalue weighted by Crippen LogP contribution is -2.59. The Morgan fingerprint density at radius 3 is 2.63 bits per heavy atom. The molecule has 0 unspecified atom stereocenters. The number of amides is 1. The monoisotopic (exact) mass is 455 g/mol. The summed E-state index contributed by atoms with van der Waals surface area (Å²) < 4.78 is 13.6. The van der Waals surface area contributed by atoms with Crippen LogP contribution in [-0.2, 0) is 19.5 Å². The van der Waals surface area contributed by atoms with Crippen molar-refractivity contribution in [2.45, 2.75) is 70.8 Å². The van der Waals surface area contributed by atoms with Crippen LogP contribution in [-0.4, -0.2) is 33.5 Å². The fraction of sp³-hybridized carbons (Fsp3) is 0.667. The number of hydrogen-bond acceptors (Lipinski definition) is 3. The molecule has 0 radical (unpaired) electrons. The van der Waals surface area contributed by atoms with Gasteiger partial charge in [-0.1, -0.05) is 48.8 Å². The van der Waals surface area contributed by atoms with Crippen molar-refractivity contribution in [1.29, 1.82) is 0 Å². The van der Waals surface area contributed by atoms with Crippen molar-refractivity contribution in [3.8, 4) is 0 Å². The molecule has 1 heterocycles. The summed E-state index contributed by atoms with van der Waals surface area (Å²) >= 11 is 3.57. The number of halogens is 1. The van der Waals surface area contributed by atoms with E-state index in [1.807, 2.05) is 12.1 Å². The molecule has 1 aliphatic rings. The third-order valence-corrected chi connectivity index (χ3v) is 11.1. The minimum Gasteiger partial charge on any atom is -0.416 e. The predicted molar refractivity (Wildman–Crippen MR) is 116 cm³/mol. The lowest BCUT2D eigenvalue weighted by Gasteiger charge is -2.48. The van der Waals surface area contributed by atoms with Crippen molar-refractivity contribution in [3.05, 3.63) is 34.3 Å². The largest absolute Gasteiger partial charge is 0.416 e. The van der Waals surface area contributed by atoms with Gasteiger partial charge in [-0.15, -0.1) is 0 Å². The second-order valence-electron chi connectivity index (χ2n) is 9.29. The highest BCUT2D eigenvalue weighted by Gasteiger charge is 2.47. The van der Waals surface area contributed by atoms with Gasteiger partial charge >= 0.3 is 0 Å². The molecule has 1 aromatic carbocycles. The maximum atomic E-state index is 12.2. The Hall–Kier alpha value is -0.693. The molecule has 2 rings (SSSR count). The van der Waals surface area contributed by atoms with Gasteiger partial charge in [-0.3, -0.25) is 4.79 Å². The molecule has 0 aliphatic carbocycles. The zero-order valence-corrected chi connectivity index (χ0v) is 20.3. The van der Waals surface area contributed by atoms with Gasteiger partial charge in [-0.25, -0.2) is 0 Å². The molecule has 0 aromatic heterocycles. The smallest absolute Gasteiger partial charge is 0.217 e. The normalized spacial score (nSPS) is 26.7. The fourth-order valence-corrected chi connectivity index (χ4v) is 4.86. The number of nitrogens with one attached hydrogen (secondary N) is 1. The van der Waals surface area contributed by atoms with E-state index in [1.165, 1.54) is 0 Å². The van der Waals surface area contributed by atoms with Gasteiger partial charge < -0.3 is 14.5 Å². The van der Waals surface area contributed by atoms with Crippen LogP contribution in [0.25, 0.3) is 0 Å². The Morgan fingerprint density at radius 1 is 1.41 bits per heavy atom. The molecule has 6 heteroatoms. The standard InChI is InChI=1S/C21H34BrNO3Si/c1-15-11-18(13-26-27(6,7)20(3,4)5)21(14-25-15,23-16(2)24)17-9-8-10-19(22)12-17/h8-10,12,15,18H,11,13-14H2,1-7H3,(H,23,24)/t15-,18-,21+/m0/s1. The van der Waals surface area contributed by atoms with Crippen LogP contribution in [0.1, 0.15) is 46.6 Å². The zero-order chi connectivity index (χ0) is 20.5. The Bertz CT molecular complexity index is 674. The molecule has 152 valence electrons. The van der Waals surface area contributed by atoms with Crippen molar-refractivity contribution in [3.63, 3.8) is 0 Å². The highest BCUT2D eigenvalue weighted by Crippen LogP contribution is 2.42. The quantitative estimate of drug-likeness (QED) is 0.618. The molecule has 3 atom stereocenters. The van der Waals surface area contributed by atoms with E-state index in [0.717, 1.165) is 16.5 Å². The van der Waals surface area contributed by atoms with Crippen LogP contribution in [0, 0.1) is 5.92 Å². The highest BCUT2D eigenvalue weighted by atomic mass is 79.9. The lowest BCUT2D eigenvalue weighted by molar-refractivity contribution is -0.129. The summed E-state index contributed by atoms with van der Waals surface area (Å²) in [4.78, 5) is 12.2. The highest BCUT2D eigenvalue weighted by molar-refractivity contribution is 9.10. The summed E-state index contributed by atoms with van der Waals surface area (Å²) in [7, 11) is -1.89. The predicted octanol–water partition coefficient (Wildman–Crippen LogP) is 5.23. The maximum Gasteiger partial charge on any atom is 0.217 e. The summed E-state index contributed by atoms with van der Waals surface area (Å²) in [6.45, 7) is 16.0. The summed E-state index contributed by atoms with van der Waals surface area (Å²) in [6, 6.07) is 8.15. The number of carbonyl (C=O) groups excluding carboxylic acids is 1. The molecule has 1 N–H and O–H groups in total. The van der Waals surface area contributed by atoms with Crippen LogP contribution in [0.5, 0.6) is 0 Å². The van der Waals surface area contributed by atoms with Gasteiger partial charge in [0.25, 0.3) is 0 Å². The Balaban J connectivity index is 2.40. The van der Waals surface area contributed by atoms with E-state index >= 15 is 0 Å². The van der Waals surface area contributed by atoms with Crippen molar-refractivity contribution in [2.75, 3.05) is 13.2 Å². The second-order valence-corrected chi connectivity index (χ2v) is 15.0. The maximum absolute atomic E-state index is 12.2. The first kappa shape index (κ1) is 22.6. The molecule has 1 saturated heterocycles. The molecule has 27 heavy (non-hydrogen) atoms. The first-order chi connectivity index (χ1) is 12.4. The number of ether oxygens (including phenoxy) is 1. The summed E-state index contributed by atoms with van der Waals surface area (Å²) in [5, 5.41) is 3.38. The van der Waals surface area contributed by atoms with E-state index in [-0.39, 0.29) is 23.0 Å². The first-order valence-corrected chi connectivity index (χ1v) is 13.4. The van der Waals surface area contributed by atoms with Gasteiger partial charge in [0.1, 0.15) is 0 Å². The zero-order valence-electron chi connectivity index (χ0n) is 17.7. The molecule has 0 spiro atoms. The Labute approximate surface area is 173 Å². The lowest BCUT2D eigenvalue weighted by atomic mass is 9.74. The topological polar surface area (TPSA) is 47.6 Å². The number of carbonyl (C=O) groups is 1. The van der Waals surface area contributed by atoms with Gasteiger partial charge in [0, 0.05) is 23.9 Å². The van der Waals surface area contributed by atoms with Crippen molar-refractivity contribution in [2.24, 2.45) is 5.92 Å². The van der Waals surface area contributed by atoms with E-state index in [0.29, 0.717) is 13.2 Å². The van der Waals surface area contributed by atoms with Crippen molar-refractivity contribution in [1.82, 2.24) is 5.32 Å². The van der Waals surface area contributed by atoms with Crippen molar-refractivity contribution < 1.29 is 14.0 Å². The van der Waals surface area contributed by atoms with Crippen LogP contribution >= 0.6 is 15.9 Å². The molecule has 1 fully saturated rings. The molecule has 0 saturated carbocycles. The minimum atomic E-state index is -1.89. The number of rotatable bonds is 5. The van der Waals surface area contributed by atoms with E-state index in [2.05, 4.69) is 74.2 Å². The first-order valence-electron chi connectivity index (χ1n) is 9.68. The molecule has 1 aromatic rings. The van der Waals surface area contributed by atoms with Crippen molar-refractivity contribution >= 4 is 30.2 Å². The average molecular weight is 456 g/mol. The minimum absolute atomic E-state index is 0.0505. The molecular formula is C21H34BrNO3Si. The Morgan fingerprint density at radius 2 is 2.07 bits per heavy atom. The van der Waals surface area contributed by atoms with Crippen LogP contribution in [0.2, 0.25) is 18.1 Å². The summed E-state index contributed by atoms with van der Waals surface area (Å²) in [5.74, 6) is 0.0963. The SMILES string of the molecule is CC(=O)N[C@@]1(c2cccc(Br)c2)CO[C@@H](C)C[C@H]1CO[Si](C)(C)C(C)(C)C. The summed E-state index contributed by atoms with van der Waals surface area (Å²) in [6.07, 6.45) is 0.994. The third-order valence-electron chi connectivity index (χ3n) is 6.10. The van der Waals surface area contributed by atoms with E-state index in [9.17, 15) is 4.79 Å². The summed E-state index contributed by atoms with van der Waals surface area (Å²) in [5.41, 5.74) is 0.479. The Kier molecular flexibility index (Phi) is 6.99. The van der Waals surface area contributed by atoms with Gasteiger partial charge in [-0.2, -0.15) is 0 Å². The average Bonchev–Trinajstić information content (AvgIpc) is 2.53. The van der Waals surface area contributed by atoms with Gasteiger partial charge in [0.15, 0.2) is 8.32 Å². The fourth-order valence-electron chi connectivity index (χ4n) is 3.41. The van der Waals surface area contributed by atoms with E-state index in [1.54, 1.807) is 6.92 Å². The molecule has 4 nitrogen and oxygen atoms in total. The van der Waals surface area contributed by atoms with Crippen LogP contribution in [0.15, 0.2) is 28.7 Å². The van der Waals surface area contributed by atoms with Crippen LogP contribution < -0.4 is 5.32 Å². The van der Waals surface area contributed by atoms with Gasteiger partial charge in [0.05, 0.1) is 18.2 Å². The van der Waals surface area contributed by atoms with E-state index < -0.39 is 13.9 Å².